The number of aryl methyl sites for hydroxylation is 1. The first-order valence-corrected chi connectivity index (χ1v) is 6.74. The molecular formula is C14H19ClN2O2. The molecule has 0 aliphatic carbocycles. The van der Waals surface area contributed by atoms with Crippen LogP contribution in [0.5, 0.6) is 0 Å². The number of aliphatic hydroxyl groups is 1. The van der Waals surface area contributed by atoms with Crippen LogP contribution in [0.3, 0.4) is 0 Å². The van der Waals surface area contributed by atoms with Gasteiger partial charge in [0.05, 0.1) is 12.1 Å². The highest BCUT2D eigenvalue weighted by Crippen LogP contribution is 2.21. The Labute approximate surface area is 118 Å². The van der Waals surface area contributed by atoms with Gasteiger partial charge >= 0.3 is 0 Å². The van der Waals surface area contributed by atoms with Crippen LogP contribution in [-0.2, 0) is 4.79 Å². The largest absolute Gasteiger partial charge is 0.389 e. The lowest BCUT2D eigenvalue weighted by molar-refractivity contribution is -0.117. The maximum absolute atomic E-state index is 11.9. The molecule has 1 aliphatic heterocycles. The molecule has 0 aromatic heterocycles. The van der Waals surface area contributed by atoms with Crippen LogP contribution in [0.25, 0.3) is 0 Å². The molecule has 2 N–H and O–H groups in total. The summed E-state index contributed by atoms with van der Waals surface area (Å²) >= 11 is 6.01. The lowest BCUT2D eigenvalue weighted by atomic mass is 10.1. The number of carbonyl (C=O) groups excluding carboxylic acids is 1. The minimum atomic E-state index is -0.673. The Morgan fingerprint density at radius 3 is 2.89 bits per heavy atom. The van der Waals surface area contributed by atoms with Crippen molar-refractivity contribution in [2.45, 2.75) is 25.9 Å². The monoisotopic (exact) mass is 282 g/mol. The third-order valence-corrected chi connectivity index (χ3v) is 3.76. The van der Waals surface area contributed by atoms with Crippen LogP contribution in [0.2, 0.25) is 5.02 Å². The van der Waals surface area contributed by atoms with E-state index in [0.717, 1.165) is 12.1 Å². The van der Waals surface area contributed by atoms with Crippen LogP contribution in [0, 0.1) is 6.92 Å². The molecular weight excluding hydrogens is 264 g/mol. The molecule has 19 heavy (non-hydrogen) atoms. The van der Waals surface area contributed by atoms with Crippen LogP contribution < -0.4 is 5.32 Å². The number of nitrogens with zero attached hydrogens (tertiary/aromatic N) is 1. The van der Waals surface area contributed by atoms with Gasteiger partial charge in [-0.3, -0.25) is 9.69 Å². The standard InChI is InChI=1S/C14H19ClN2O2/c1-10-3-4-11(7-12(10)15)16-13(18)8-17-6-5-14(2,19)9-17/h3-4,7,19H,5-6,8-9H2,1-2H3,(H,16,18). The van der Waals surface area contributed by atoms with Crippen LogP contribution >= 0.6 is 11.6 Å². The number of β-amino-alcohol motifs (C(OH)–C–C–N with tert-alkyl or cyclic N) is 1. The van der Waals surface area contributed by atoms with Gasteiger partial charge in [-0.05, 0) is 38.0 Å². The van der Waals surface area contributed by atoms with E-state index in [4.69, 9.17) is 11.6 Å². The van der Waals surface area contributed by atoms with Crippen molar-refractivity contribution in [3.05, 3.63) is 28.8 Å². The van der Waals surface area contributed by atoms with Gasteiger partial charge in [-0.2, -0.15) is 0 Å². The predicted octanol–water partition coefficient (Wildman–Crippen LogP) is 2.04. The summed E-state index contributed by atoms with van der Waals surface area (Å²) in [6.07, 6.45) is 0.705. The van der Waals surface area contributed by atoms with Gasteiger partial charge in [-0.25, -0.2) is 0 Å². The van der Waals surface area contributed by atoms with Crippen molar-refractivity contribution in [2.24, 2.45) is 0 Å². The van der Waals surface area contributed by atoms with Gasteiger partial charge in [0.25, 0.3) is 0 Å². The van der Waals surface area contributed by atoms with E-state index in [-0.39, 0.29) is 5.91 Å². The molecule has 5 heteroatoms. The van der Waals surface area contributed by atoms with Gasteiger partial charge in [-0.15, -0.1) is 0 Å². The molecule has 1 aromatic carbocycles. The number of halogens is 1. The van der Waals surface area contributed by atoms with Gasteiger partial charge in [0.2, 0.25) is 5.91 Å². The molecule has 1 amide bonds. The van der Waals surface area contributed by atoms with Crippen molar-refractivity contribution in [1.82, 2.24) is 4.90 Å². The summed E-state index contributed by atoms with van der Waals surface area (Å²) in [6, 6.07) is 5.45. The van der Waals surface area contributed by atoms with E-state index < -0.39 is 5.60 Å². The fraction of sp³-hybridized carbons (Fsp3) is 0.500. The van der Waals surface area contributed by atoms with E-state index in [1.54, 1.807) is 13.0 Å². The summed E-state index contributed by atoms with van der Waals surface area (Å²) in [7, 11) is 0. The predicted molar refractivity (Wildman–Crippen MR) is 76.5 cm³/mol. The summed E-state index contributed by atoms with van der Waals surface area (Å²) in [5.41, 5.74) is 1.01. The highest BCUT2D eigenvalue weighted by atomic mass is 35.5. The van der Waals surface area contributed by atoms with Crippen molar-refractivity contribution < 1.29 is 9.90 Å². The number of carbonyl (C=O) groups is 1. The van der Waals surface area contributed by atoms with Gasteiger partial charge in [-0.1, -0.05) is 17.7 Å². The smallest absolute Gasteiger partial charge is 0.238 e. The normalized spacial score (nSPS) is 23.6. The minimum absolute atomic E-state index is 0.0855. The molecule has 1 atom stereocenters. The summed E-state index contributed by atoms with van der Waals surface area (Å²) < 4.78 is 0. The molecule has 1 aromatic rings. The zero-order valence-electron chi connectivity index (χ0n) is 11.2. The third kappa shape index (κ3) is 3.93. The average Bonchev–Trinajstić information content (AvgIpc) is 2.63. The van der Waals surface area contributed by atoms with Crippen molar-refractivity contribution >= 4 is 23.2 Å². The second-order valence-corrected chi connectivity index (χ2v) is 5.88. The number of benzene rings is 1. The second kappa shape index (κ2) is 5.49. The van der Waals surface area contributed by atoms with Crippen LogP contribution in [-0.4, -0.2) is 41.1 Å². The fourth-order valence-electron chi connectivity index (χ4n) is 2.25. The van der Waals surface area contributed by atoms with Crippen molar-refractivity contribution in [1.29, 1.82) is 0 Å². The van der Waals surface area contributed by atoms with Crippen molar-refractivity contribution in [2.75, 3.05) is 25.0 Å². The highest BCUT2D eigenvalue weighted by molar-refractivity contribution is 6.31. The fourth-order valence-corrected chi connectivity index (χ4v) is 2.43. The SMILES string of the molecule is Cc1ccc(NC(=O)CN2CCC(C)(O)C2)cc1Cl. The van der Waals surface area contributed by atoms with E-state index >= 15 is 0 Å². The van der Waals surface area contributed by atoms with Gasteiger partial charge in [0, 0.05) is 23.8 Å². The summed E-state index contributed by atoms with van der Waals surface area (Å²) in [5.74, 6) is -0.0855. The number of rotatable bonds is 3. The maximum atomic E-state index is 11.9. The Morgan fingerprint density at radius 1 is 1.58 bits per heavy atom. The van der Waals surface area contributed by atoms with E-state index in [2.05, 4.69) is 5.32 Å². The first-order valence-electron chi connectivity index (χ1n) is 6.36. The third-order valence-electron chi connectivity index (χ3n) is 3.35. The summed E-state index contributed by atoms with van der Waals surface area (Å²) in [6.45, 7) is 5.29. The molecule has 1 heterocycles. The summed E-state index contributed by atoms with van der Waals surface area (Å²) in [5, 5.41) is 13.3. The molecule has 0 spiro atoms. The van der Waals surface area contributed by atoms with Gasteiger partial charge < -0.3 is 10.4 Å². The van der Waals surface area contributed by atoms with E-state index in [1.165, 1.54) is 0 Å². The van der Waals surface area contributed by atoms with Crippen LogP contribution in [0.15, 0.2) is 18.2 Å². The summed E-state index contributed by atoms with van der Waals surface area (Å²) in [4.78, 5) is 13.8. The Hall–Kier alpha value is -1.10. The number of anilines is 1. The molecule has 1 aliphatic rings. The molecule has 0 saturated carbocycles. The molecule has 0 radical (unpaired) electrons. The van der Waals surface area contributed by atoms with Gasteiger partial charge in [0.1, 0.15) is 0 Å². The van der Waals surface area contributed by atoms with E-state index in [1.807, 2.05) is 24.0 Å². The molecule has 2 rings (SSSR count). The Kier molecular flexibility index (Phi) is 4.13. The molecule has 0 bridgehead atoms. The number of hydrogen-bond acceptors (Lipinski definition) is 3. The topological polar surface area (TPSA) is 52.6 Å². The first-order chi connectivity index (χ1) is 8.85. The molecule has 1 saturated heterocycles. The Balaban J connectivity index is 1.89. The lowest BCUT2D eigenvalue weighted by Crippen LogP contribution is -2.35. The molecule has 4 nitrogen and oxygen atoms in total. The number of likely N-dealkylation sites (tertiary alicyclic amines) is 1. The molecule has 104 valence electrons. The zero-order chi connectivity index (χ0) is 14.0. The average molecular weight is 283 g/mol. The number of hydrogen-bond donors (Lipinski definition) is 2. The lowest BCUT2D eigenvalue weighted by Gasteiger charge is -2.18. The highest BCUT2D eigenvalue weighted by Gasteiger charge is 2.31. The van der Waals surface area contributed by atoms with Crippen LogP contribution in [0.4, 0.5) is 5.69 Å². The van der Waals surface area contributed by atoms with Crippen molar-refractivity contribution in [3.63, 3.8) is 0 Å². The van der Waals surface area contributed by atoms with Crippen molar-refractivity contribution in [3.8, 4) is 0 Å². The second-order valence-electron chi connectivity index (χ2n) is 5.47. The number of amides is 1. The quantitative estimate of drug-likeness (QED) is 0.892. The minimum Gasteiger partial charge on any atom is -0.389 e. The van der Waals surface area contributed by atoms with Crippen LogP contribution in [0.1, 0.15) is 18.9 Å². The Morgan fingerprint density at radius 2 is 2.32 bits per heavy atom. The molecule has 1 fully saturated rings. The van der Waals surface area contributed by atoms with E-state index in [0.29, 0.717) is 30.2 Å². The Bertz CT molecular complexity index is 488. The number of nitrogens with one attached hydrogen (secondary N) is 1. The zero-order valence-corrected chi connectivity index (χ0v) is 12.0. The van der Waals surface area contributed by atoms with Gasteiger partial charge in [0.15, 0.2) is 0 Å². The maximum Gasteiger partial charge on any atom is 0.238 e. The first kappa shape index (κ1) is 14.3. The molecule has 1 unspecified atom stereocenters. The van der Waals surface area contributed by atoms with E-state index in [9.17, 15) is 9.90 Å².